The van der Waals surface area contributed by atoms with Crippen LogP contribution in [0.4, 0.5) is 14.9 Å². The van der Waals surface area contributed by atoms with Crippen molar-refractivity contribution in [2.75, 3.05) is 31.6 Å². The molecule has 2 N–H and O–H groups in total. The largest absolute Gasteiger partial charge is 0.374 e. The summed E-state index contributed by atoms with van der Waals surface area (Å²) in [6, 6.07) is 14.3. The van der Waals surface area contributed by atoms with Gasteiger partial charge in [-0.1, -0.05) is 46.3 Å². The van der Waals surface area contributed by atoms with Gasteiger partial charge in [-0.2, -0.15) is 0 Å². The number of amides is 2. The first-order valence-electron chi connectivity index (χ1n) is 8.48. The maximum atomic E-state index is 13.8. The fourth-order valence-corrected chi connectivity index (χ4v) is 3.19. The standard InChI is InChI=1S/C19H21BrFN3O2/c20-15-6-7-18(17(21)10-15)23-19(25)22-11-16-13-24(8-9-26-16)12-14-4-2-1-3-5-14/h1-7,10,16H,8-9,11-13H2,(H2,22,23,25). The molecule has 0 aromatic heterocycles. The van der Waals surface area contributed by atoms with E-state index in [-0.39, 0.29) is 11.8 Å². The van der Waals surface area contributed by atoms with Crippen molar-refractivity contribution in [1.82, 2.24) is 10.2 Å². The van der Waals surface area contributed by atoms with Crippen LogP contribution in [0.3, 0.4) is 0 Å². The summed E-state index contributed by atoms with van der Waals surface area (Å²) in [6.45, 7) is 3.46. The fourth-order valence-electron chi connectivity index (χ4n) is 2.85. The Balaban J connectivity index is 1.45. The van der Waals surface area contributed by atoms with Gasteiger partial charge in [-0.3, -0.25) is 4.90 Å². The van der Waals surface area contributed by atoms with Gasteiger partial charge in [-0.25, -0.2) is 9.18 Å². The Kier molecular flexibility index (Phi) is 6.60. The molecule has 2 aromatic rings. The van der Waals surface area contributed by atoms with Crippen LogP contribution in [0.5, 0.6) is 0 Å². The van der Waals surface area contributed by atoms with Crippen molar-refractivity contribution in [3.63, 3.8) is 0 Å². The molecule has 0 saturated carbocycles. The van der Waals surface area contributed by atoms with Crippen molar-refractivity contribution in [2.45, 2.75) is 12.6 Å². The molecule has 2 aromatic carbocycles. The minimum atomic E-state index is -0.488. The molecule has 0 aliphatic carbocycles. The number of ether oxygens (including phenoxy) is 1. The lowest BCUT2D eigenvalue weighted by Crippen LogP contribution is -2.47. The molecular weight excluding hydrogens is 401 g/mol. The molecule has 26 heavy (non-hydrogen) atoms. The number of urea groups is 1. The maximum Gasteiger partial charge on any atom is 0.319 e. The summed E-state index contributed by atoms with van der Waals surface area (Å²) in [4.78, 5) is 14.3. The third-order valence-electron chi connectivity index (χ3n) is 4.14. The first-order chi connectivity index (χ1) is 12.6. The normalized spacial score (nSPS) is 17.7. The highest BCUT2D eigenvalue weighted by molar-refractivity contribution is 9.10. The van der Waals surface area contributed by atoms with E-state index in [1.807, 2.05) is 18.2 Å². The Morgan fingerprint density at radius 3 is 2.85 bits per heavy atom. The zero-order valence-corrected chi connectivity index (χ0v) is 15.8. The highest BCUT2D eigenvalue weighted by Crippen LogP contribution is 2.19. The molecular formula is C19H21BrFN3O2. The van der Waals surface area contributed by atoms with E-state index in [0.29, 0.717) is 17.6 Å². The van der Waals surface area contributed by atoms with Crippen molar-refractivity contribution in [3.05, 3.63) is 64.4 Å². The second-order valence-corrected chi connectivity index (χ2v) is 7.09. The minimum absolute atomic E-state index is 0.0898. The molecule has 1 aliphatic rings. The van der Waals surface area contributed by atoms with Gasteiger partial charge in [-0.05, 0) is 23.8 Å². The van der Waals surface area contributed by atoms with Gasteiger partial charge in [0.15, 0.2) is 0 Å². The molecule has 0 spiro atoms. The van der Waals surface area contributed by atoms with Crippen molar-refractivity contribution in [3.8, 4) is 0 Å². The molecule has 138 valence electrons. The number of halogens is 2. The van der Waals surface area contributed by atoms with Crippen LogP contribution in [-0.4, -0.2) is 43.3 Å². The molecule has 7 heteroatoms. The van der Waals surface area contributed by atoms with Gasteiger partial charge in [0.25, 0.3) is 0 Å². The third-order valence-corrected chi connectivity index (χ3v) is 4.63. The summed E-state index contributed by atoms with van der Waals surface area (Å²) in [5.74, 6) is -0.488. The van der Waals surface area contributed by atoms with Crippen LogP contribution >= 0.6 is 15.9 Å². The van der Waals surface area contributed by atoms with Crippen LogP contribution in [0.1, 0.15) is 5.56 Å². The fraction of sp³-hybridized carbons (Fsp3) is 0.316. The van der Waals surface area contributed by atoms with Crippen LogP contribution in [0.15, 0.2) is 53.0 Å². The van der Waals surface area contributed by atoms with Gasteiger partial charge < -0.3 is 15.4 Å². The van der Waals surface area contributed by atoms with E-state index in [2.05, 4.69) is 43.6 Å². The highest BCUT2D eigenvalue weighted by Gasteiger charge is 2.21. The van der Waals surface area contributed by atoms with Crippen molar-refractivity contribution >= 4 is 27.6 Å². The SMILES string of the molecule is O=C(NCC1CN(Cc2ccccc2)CCO1)Nc1ccc(Br)cc1F. The second kappa shape index (κ2) is 9.12. The first-order valence-corrected chi connectivity index (χ1v) is 9.27. The van der Waals surface area contributed by atoms with Crippen LogP contribution in [0, 0.1) is 5.82 Å². The van der Waals surface area contributed by atoms with Crippen molar-refractivity contribution in [2.24, 2.45) is 0 Å². The summed E-state index contributed by atoms with van der Waals surface area (Å²) >= 11 is 3.19. The predicted octanol–water partition coefficient (Wildman–Crippen LogP) is 3.61. The van der Waals surface area contributed by atoms with Gasteiger partial charge in [0.05, 0.1) is 18.4 Å². The summed E-state index contributed by atoms with van der Waals surface area (Å²) < 4.78 is 20.1. The van der Waals surface area contributed by atoms with Gasteiger partial charge in [0.1, 0.15) is 5.82 Å². The van der Waals surface area contributed by atoms with E-state index in [4.69, 9.17) is 4.74 Å². The van der Waals surface area contributed by atoms with E-state index in [1.165, 1.54) is 17.7 Å². The first kappa shape index (κ1) is 18.8. The number of hydrogen-bond acceptors (Lipinski definition) is 3. The maximum absolute atomic E-state index is 13.8. The molecule has 0 radical (unpaired) electrons. The highest BCUT2D eigenvalue weighted by atomic mass is 79.9. The molecule has 1 saturated heterocycles. The Labute approximate surface area is 160 Å². The van der Waals surface area contributed by atoms with Crippen molar-refractivity contribution in [1.29, 1.82) is 0 Å². The number of hydrogen-bond donors (Lipinski definition) is 2. The average molecular weight is 422 g/mol. The molecule has 1 aliphatic heterocycles. The third kappa shape index (κ3) is 5.52. The van der Waals surface area contributed by atoms with Gasteiger partial charge in [-0.15, -0.1) is 0 Å². The van der Waals surface area contributed by atoms with E-state index >= 15 is 0 Å². The lowest BCUT2D eigenvalue weighted by molar-refractivity contribution is -0.0285. The Morgan fingerprint density at radius 2 is 2.08 bits per heavy atom. The van der Waals surface area contributed by atoms with Gasteiger partial charge in [0, 0.05) is 30.7 Å². The van der Waals surface area contributed by atoms with Crippen LogP contribution in [0.2, 0.25) is 0 Å². The average Bonchev–Trinajstić information content (AvgIpc) is 2.64. The number of carbonyl (C=O) groups is 1. The number of anilines is 1. The number of rotatable bonds is 5. The molecule has 2 amide bonds. The van der Waals surface area contributed by atoms with Crippen molar-refractivity contribution < 1.29 is 13.9 Å². The summed E-state index contributed by atoms with van der Waals surface area (Å²) in [7, 11) is 0. The van der Waals surface area contributed by atoms with E-state index in [1.54, 1.807) is 6.07 Å². The quantitative estimate of drug-likeness (QED) is 0.774. The molecule has 3 rings (SSSR count). The number of nitrogens with zero attached hydrogens (tertiary/aromatic N) is 1. The van der Waals surface area contributed by atoms with Crippen LogP contribution in [0.25, 0.3) is 0 Å². The summed E-state index contributed by atoms with van der Waals surface area (Å²) in [5, 5.41) is 5.26. The van der Waals surface area contributed by atoms with Gasteiger partial charge in [0.2, 0.25) is 0 Å². The number of carbonyl (C=O) groups excluding carboxylic acids is 1. The summed E-state index contributed by atoms with van der Waals surface area (Å²) in [5.41, 5.74) is 1.39. The molecule has 0 bridgehead atoms. The van der Waals surface area contributed by atoms with Crippen LogP contribution in [-0.2, 0) is 11.3 Å². The molecule has 1 unspecified atom stereocenters. The second-order valence-electron chi connectivity index (χ2n) is 6.17. The number of benzene rings is 2. The smallest absolute Gasteiger partial charge is 0.319 e. The van der Waals surface area contributed by atoms with Crippen LogP contribution < -0.4 is 10.6 Å². The minimum Gasteiger partial charge on any atom is -0.374 e. The monoisotopic (exact) mass is 421 g/mol. The Morgan fingerprint density at radius 1 is 1.27 bits per heavy atom. The number of morpholine rings is 1. The lowest BCUT2D eigenvalue weighted by atomic mass is 10.2. The zero-order chi connectivity index (χ0) is 18.4. The Bertz CT molecular complexity index is 745. The van der Waals surface area contributed by atoms with E-state index < -0.39 is 11.8 Å². The summed E-state index contributed by atoms with van der Waals surface area (Å²) in [6.07, 6.45) is -0.0898. The topological polar surface area (TPSA) is 53.6 Å². The molecule has 1 heterocycles. The molecule has 1 atom stereocenters. The molecule has 1 fully saturated rings. The lowest BCUT2D eigenvalue weighted by Gasteiger charge is -2.33. The van der Waals surface area contributed by atoms with E-state index in [9.17, 15) is 9.18 Å². The number of nitrogens with one attached hydrogen (secondary N) is 2. The zero-order valence-electron chi connectivity index (χ0n) is 14.3. The predicted molar refractivity (Wildman–Crippen MR) is 103 cm³/mol. The Hall–Kier alpha value is -1.96. The van der Waals surface area contributed by atoms with Gasteiger partial charge >= 0.3 is 6.03 Å². The van der Waals surface area contributed by atoms with E-state index in [0.717, 1.165) is 19.6 Å². The molecule has 5 nitrogen and oxygen atoms in total.